The predicted octanol–water partition coefficient (Wildman–Crippen LogP) is 3.93. The monoisotopic (exact) mass is 357 g/mol. The van der Waals surface area contributed by atoms with Gasteiger partial charge in [0.1, 0.15) is 5.76 Å². The van der Waals surface area contributed by atoms with Crippen molar-refractivity contribution in [2.75, 3.05) is 6.54 Å². The van der Waals surface area contributed by atoms with E-state index in [9.17, 15) is 14.7 Å². The zero-order valence-corrected chi connectivity index (χ0v) is 14.2. The maximum Gasteiger partial charge on any atom is 0.290 e. The van der Waals surface area contributed by atoms with Gasteiger partial charge < -0.3 is 14.4 Å². The number of allylic oxidation sites excluding steroid dienone is 1. The zero-order chi connectivity index (χ0) is 18.0. The zero-order valence-electron chi connectivity index (χ0n) is 13.5. The number of carbonyl (C=O) groups excluding carboxylic acids is 2. The Labute approximate surface area is 149 Å². The molecule has 0 spiro atoms. The van der Waals surface area contributed by atoms with Gasteiger partial charge in [-0.15, -0.1) is 0 Å². The third kappa shape index (κ3) is 3.23. The summed E-state index contributed by atoms with van der Waals surface area (Å²) >= 11 is 5.92. The lowest BCUT2D eigenvalue weighted by molar-refractivity contribution is -0.129. The Morgan fingerprint density at radius 3 is 2.64 bits per heavy atom. The fourth-order valence-corrected chi connectivity index (χ4v) is 2.98. The highest BCUT2D eigenvalue weighted by Crippen LogP contribution is 2.38. The normalized spacial score (nSPS) is 17.8. The van der Waals surface area contributed by atoms with Gasteiger partial charge in [-0.3, -0.25) is 9.59 Å². The highest BCUT2D eigenvalue weighted by atomic mass is 35.5. The molecule has 0 saturated heterocycles. The molecule has 1 N–H and O–H groups in total. The molecule has 1 atom stereocenters. The van der Waals surface area contributed by atoms with Crippen LogP contribution in [0, 0.1) is 0 Å². The van der Waals surface area contributed by atoms with Crippen molar-refractivity contribution in [1.82, 2.24) is 4.90 Å². The number of carbonyl (C=O) groups is 2. The van der Waals surface area contributed by atoms with Crippen LogP contribution in [0.2, 0.25) is 5.02 Å². The number of benzene rings is 1. The molecular formula is C19H16ClNO4. The Morgan fingerprint density at radius 1 is 1.32 bits per heavy atom. The minimum absolute atomic E-state index is 0.0528. The molecule has 6 heteroatoms. The van der Waals surface area contributed by atoms with Gasteiger partial charge in [0.05, 0.1) is 17.9 Å². The van der Waals surface area contributed by atoms with Crippen LogP contribution in [0.4, 0.5) is 0 Å². The minimum Gasteiger partial charge on any atom is -0.503 e. The standard InChI is InChI=1S/C19H16ClNO4/c1-2-21-17(12-5-7-13(20)8-6-12)16(18(23)19(21)24)15(22)10-9-14-4-3-11-25-14/h3-11,17,23H,2H2,1H3/b10-9+. The first kappa shape index (κ1) is 17.0. The van der Waals surface area contributed by atoms with Gasteiger partial charge in [0.2, 0.25) is 0 Å². The number of ketones is 1. The van der Waals surface area contributed by atoms with Crippen LogP contribution in [0.5, 0.6) is 0 Å². The van der Waals surface area contributed by atoms with Crippen LogP contribution < -0.4 is 0 Å². The highest BCUT2D eigenvalue weighted by molar-refractivity contribution is 6.30. The lowest BCUT2D eigenvalue weighted by Crippen LogP contribution is -2.30. The van der Waals surface area contributed by atoms with Gasteiger partial charge in [-0.25, -0.2) is 0 Å². The molecule has 0 aliphatic carbocycles. The van der Waals surface area contributed by atoms with Crippen molar-refractivity contribution in [3.05, 3.63) is 76.4 Å². The van der Waals surface area contributed by atoms with Gasteiger partial charge in [-0.05, 0) is 48.9 Å². The number of likely N-dealkylation sites (N-methyl/N-ethyl adjacent to an activating group) is 1. The average Bonchev–Trinajstić information content (AvgIpc) is 3.21. The van der Waals surface area contributed by atoms with Gasteiger partial charge in [0.25, 0.3) is 5.91 Å². The first-order valence-electron chi connectivity index (χ1n) is 7.78. The number of aliphatic hydroxyl groups excluding tert-OH is 1. The summed E-state index contributed by atoms with van der Waals surface area (Å²) in [6.07, 6.45) is 4.29. The van der Waals surface area contributed by atoms with E-state index in [0.717, 1.165) is 0 Å². The molecule has 1 aliphatic rings. The topological polar surface area (TPSA) is 70.8 Å². The van der Waals surface area contributed by atoms with Crippen molar-refractivity contribution in [2.45, 2.75) is 13.0 Å². The molecule has 1 amide bonds. The largest absolute Gasteiger partial charge is 0.503 e. The molecule has 5 nitrogen and oxygen atoms in total. The number of hydrogen-bond acceptors (Lipinski definition) is 4. The molecule has 0 bridgehead atoms. The van der Waals surface area contributed by atoms with E-state index >= 15 is 0 Å². The van der Waals surface area contributed by atoms with Gasteiger partial charge in [-0.2, -0.15) is 0 Å². The number of aliphatic hydroxyl groups is 1. The number of amides is 1. The Balaban J connectivity index is 1.99. The minimum atomic E-state index is -0.650. The van der Waals surface area contributed by atoms with E-state index in [1.54, 1.807) is 43.3 Å². The molecule has 3 rings (SSSR count). The summed E-state index contributed by atoms with van der Waals surface area (Å²) in [5.41, 5.74) is 0.760. The second kappa shape index (κ2) is 6.99. The van der Waals surface area contributed by atoms with Crippen molar-refractivity contribution in [3.63, 3.8) is 0 Å². The molecule has 25 heavy (non-hydrogen) atoms. The average molecular weight is 358 g/mol. The van der Waals surface area contributed by atoms with E-state index in [-0.39, 0.29) is 5.57 Å². The first-order chi connectivity index (χ1) is 12.0. The van der Waals surface area contributed by atoms with Crippen molar-refractivity contribution in [1.29, 1.82) is 0 Å². The summed E-state index contributed by atoms with van der Waals surface area (Å²) in [6.45, 7) is 2.15. The van der Waals surface area contributed by atoms with E-state index in [4.69, 9.17) is 16.0 Å². The predicted molar refractivity (Wildman–Crippen MR) is 94.0 cm³/mol. The van der Waals surface area contributed by atoms with Crippen LogP contribution in [-0.4, -0.2) is 28.2 Å². The highest BCUT2D eigenvalue weighted by Gasteiger charge is 2.41. The SMILES string of the molecule is CCN1C(=O)C(O)=C(C(=O)/C=C/c2ccco2)C1c1ccc(Cl)cc1. The second-order valence-corrected chi connectivity index (χ2v) is 5.96. The molecule has 1 unspecified atom stereocenters. The molecule has 0 saturated carbocycles. The molecule has 128 valence electrons. The number of halogens is 1. The third-order valence-electron chi connectivity index (χ3n) is 4.04. The van der Waals surface area contributed by atoms with E-state index in [2.05, 4.69) is 0 Å². The number of nitrogens with zero attached hydrogens (tertiary/aromatic N) is 1. The number of hydrogen-bond donors (Lipinski definition) is 1. The lowest BCUT2D eigenvalue weighted by atomic mass is 9.96. The Kier molecular flexibility index (Phi) is 4.76. The van der Waals surface area contributed by atoms with E-state index in [1.165, 1.54) is 23.3 Å². The van der Waals surface area contributed by atoms with Gasteiger partial charge in [0.15, 0.2) is 11.5 Å². The molecule has 0 fully saturated rings. The van der Waals surface area contributed by atoms with Crippen LogP contribution in [-0.2, 0) is 9.59 Å². The molecule has 1 aromatic carbocycles. The number of rotatable bonds is 5. The molecule has 0 radical (unpaired) electrons. The lowest BCUT2D eigenvalue weighted by Gasteiger charge is -2.25. The molecule has 1 aliphatic heterocycles. The molecule has 1 aromatic heterocycles. The maximum absolute atomic E-state index is 12.7. The van der Waals surface area contributed by atoms with Crippen LogP contribution in [0.1, 0.15) is 24.3 Å². The second-order valence-electron chi connectivity index (χ2n) is 5.52. The summed E-state index contributed by atoms with van der Waals surface area (Å²) in [6, 6.07) is 9.61. The van der Waals surface area contributed by atoms with Gasteiger partial charge >= 0.3 is 0 Å². The summed E-state index contributed by atoms with van der Waals surface area (Å²) in [4.78, 5) is 26.4. The van der Waals surface area contributed by atoms with E-state index in [0.29, 0.717) is 22.9 Å². The van der Waals surface area contributed by atoms with Crippen LogP contribution in [0.15, 0.2) is 64.5 Å². The van der Waals surface area contributed by atoms with Crippen molar-refractivity contribution < 1.29 is 19.1 Å². The fourth-order valence-electron chi connectivity index (χ4n) is 2.86. The molecule has 2 aromatic rings. The third-order valence-corrected chi connectivity index (χ3v) is 4.29. The Bertz CT molecular complexity index is 850. The Morgan fingerprint density at radius 2 is 2.04 bits per heavy atom. The van der Waals surface area contributed by atoms with Crippen molar-refractivity contribution >= 4 is 29.4 Å². The summed E-state index contributed by atoms with van der Waals surface area (Å²) in [5, 5.41) is 10.8. The summed E-state index contributed by atoms with van der Waals surface area (Å²) < 4.78 is 5.15. The first-order valence-corrected chi connectivity index (χ1v) is 8.16. The summed E-state index contributed by atoms with van der Waals surface area (Å²) in [7, 11) is 0. The summed E-state index contributed by atoms with van der Waals surface area (Å²) in [5.74, 6) is -1.01. The van der Waals surface area contributed by atoms with Crippen molar-refractivity contribution in [2.24, 2.45) is 0 Å². The molecule has 2 heterocycles. The van der Waals surface area contributed by atoms with Gasteiger partial charge in [0, 0.05) is 11.6 Å². The van der Waals surface area contributed by atoms with E-state index in [1.807, 2.05) is 0 Å². The van der Waals surface area contributed by atoms with E-state index < -0.39 is 23.5 Å². The van der Waals surface area contributed by atoms with Gasteiger partial charge in [-0.1, -0.05) is 23.7 Å². The quantitative estimate of drug-likeness (QED) is 0.823. The fraction of sp³-hybridized carbons (Fsp3) is 0.158. The van der Waals surface area contributed by atoms with Crippen LogP contribution >= 0.6 is 11.6 Å². The van der Waals surface area contributed by atoms with Crippen molar-refractivity contribution in [3.8, 4) is 0 Å². The molecular weight excluding hydrogens is 342 g/mol. The number of furan rings is 1. The smallest absolute Gasteiger partial charge is 0.290 e. The van der Waals surface area contributed by atoms with Crippen LogP contribution in [0.25, 0.3) is 6.08 Å². The van der Waals surface area contributed by atoms with Crippen LogP contribution in [0.3, 0.4) is 0 Å². The Hall–Kier alpha value is -2.79. The maximum atomic E-state index is 12.7.